The fraction of sp³-hybridized carbons (Fsp3) is 0.852. The van der Waals surface area contributed by atoms with Crippen molar-refractivity contribution in [1.82, 2.24) is 59.8 Å². The fourth-order valence-electron chi connectivity index (χ4n) is 19.5. The van der Waals surface area contributed by atoms with Crippen LogP contribution in [0.5, 0.6) is 0 Å². The first kappa shape index (κ1) is 127. The van der Waals surface area contributed by atoms with Crippen molar-refractivity contribution < 1.29 is 0 Å². The third kappa shape index (κ3) is 37.9. The van der Waals surface area contributed by atoms with Crippen molar-refractivity contribution >= 4 is 0 Å². The maximum absolute atomic E-state index is 5.14. The van der Waals surface area contributed by atoms with Gasteiger partial charge < -0.3 is 29.9 Å². The minimum atomic E-state index is 0.147. The van der Waals surface area contributed by atoms with E-state index in [1.165, 1.54) is 315 Å². The number of aromatic amines is 6. The Kier molecular flexibility index (Phi) is 55.1. The van der Waals surface area contributed by atoms with Crippen LogP contribution < -0.4 is 0 Å². The second-order valence-corrected chi connectivity index (χ2v) is 50.3. The average Bonchev–Trinajstić information content (AvgIpc) is 1.70. The Morgan fingerprint density at radius 1 is 0.164 bits per heavy atom. The Hall–Kier alpha value is -4.74. The van der Waals surface area contributed by atoms with E-state index in [0.29, 0.717) is 35.5 Å². The number of imidazole rings is 6. The minimum absolute atomic E-state index is 0.147. The molecule has 780 valence electrons. The summed E-state index contributed by atoms with van der Waals surface area (Å²) in [7, 11) is 0. The monoisotopic (exact) mass is 1870 g/mol. The second kappa shape index (κ2) is 58.0. The number of H-pyrrole nitrogens is 6. The van der Waals surface area contributed by atoms with Crippen molar-refractivity contribution in [3.8, 4) is 0 Å². The van der Waals surface area contributed by atoms with Gasteiger partial charge in [0.25, 0.3) is 0 Å². The Bertz CT molecular complexity index is 3930. The molecule has 0 saturated heterocycles. The van der Waals surface area contributed by atoms with Crippen molar-refractivity contribution in [1.29, 1.82) is 0 Å². The molecule has 134 heavy (non-hydrogen) atoms. The summed E-state index contributed by atoms with van der Waals surface area (Å²) in [5.41, 5.74) is 18.0. The number of aromatic nitrogens is 12. The van der Waals surface area contributed by atoms with Crippen LogP contribution in [0, 0.1) is 0 Å². The molecule has 6 unspecified atom stereocenters. The van der Waals surface area contributed by atoms with E-state index in [2.05, 4.69) is 362 Å². The Morgan fingerprint density at radius 3 is 0.448 bits per heavy atom. The SMILES string of the molecule is CCCC(C)c1nc(C(C)(C)CCC)c(C(C)(C)CC)[nH]1.CCCCC(C)(C)c1[nH]c(C(C)CCC)nc1C(C)(C)CCC.CCCCC(C)(C)c1nc(C(C)CCC)[nH]c1C(C)(C)CC.CCCCC(C)(C)c1nc(C(C)CCC)[nH]c1C(C)(C)CC.CCCCCC(C)(C)c1nc(C(C)CCC)[nH]c1C(C)(C)CC.CCCCCC(C)(C)c1nc(C(C)CCC)[nH]c1C(C)(C)CC. The maximum atomic E-state index is 5.14. The summed E-state index contributed by atoms with van der Waals surface area (Å²) in [6.07, 6.45) is 46.4. The van der Waals surface area contributed by atoms with Crippen molar-refractivity contribution in [3.05, 3.63) is 103 Å². The smallest absolute Gasteiger partial charge is 0.109 e. The highest BCUT2D eigenvalue weighted by molar-refractivity contribution is 5.36. The maximum Gasteiger partial charge on any atom is 0.109 e. The molecule has 12 heteroatoms. The summed E-state index contributed by atoms with van der Waals surface area (Å²) in [6, 6.07) is 0. The highest BCUT2D eigenvalue weighted by Gasteiger charge is 2.42. The van der Waals surface area contributed by atoms with Gasteiger partial charge in [0.15, 0.2) is 0 Å². The molecule has 6 N–H and O–H groups in total. The lowest BCUT2D eigenvalue weighted by atomic mass is 9.76. The lowest BCUT2D eigenvalue weighted by Crippen LogP contribution is -2.26. The molecule has 0 aromatic carbocycles. The molecule has 0 spiro atoms. The van der Waals surface area contributed by atoms with Crippen molar-refractivity contribution in [2.24, 2.45) is 0 Å². The van der Waals surface area contributed by atoms with Gasteiger partial charge in [-0.05, 0) is 116 Å². The number of rotatable bonds is 56. The summed E-state index contributed by atoms with van der Waals surface area (Å²) in [4.78, 5) is 53.1. The molecule has 6 heterocycles. The summed E-state index contributed by atoms with van der Waals surface area (Å²) >= 11 is 0. The first-order valence-electron chi connectivity index (χ1n) is 56.8. The zero-order valence-corrected chi connectivity index (χ0v) is 99.0. The van der Waals surface area contributed by atoms with Gasteiger partial charge in [-0.15, -0.1) is 0 Å². The predicted molar refractivity (Wildman–Crippen MR) is 596 cm³/mol. The summed E-state index contributed by atoms with van der Waals surface area (Å²) < 4.78 is 0. The average molecular weight is 1870 g/mol. The molecule has 12 nitrogen and oxygen atoms in total. The fourth-order valence-corrected chi connectivity index (χ4v) is 19.5. The zero-order valence-electron chi connectivity index (χ0n) is 99.0. The lowest BCUT2D eigenvalue weighted by Gasteiger charge is -2.30. The number of nitrogens with one attached hydrogen (secondary N) is 6. The molecule has 6 aromatic heterocycles. The third-order valence-corrected chi connectivity index (χ3v) is 31.8. The van der Waals surface area contributed by atoms with Crippen LogP contribution in [0.1, 0.15) is 715 Å². The van der Waals surface area contributed by atoms with E-state index in [0.717, 1.165) is 32.1 Å². The van der Waals surface area contributed by atoms with Gasteiger partial charge in [-0.2, -0.15) is 0 Å². The van der Waals surface area contributed by atoms with Crippen LogP contribution in [0.25, 0.3) is 0 Å². The highest BCUT2D eigenvalue weighted by Crippen LogP contribution is 2.47. The van der Waals surface area contributed by atoms with Gasteiger partial charge in [-0.1, -0.05) is 461 Å². The zero-order chi connectivity index (χ0) is 103. The molecule has 6 atom stereocenters. The van der Waals surface area contributed by atoms with Gasteiger partial charge in [-0.3, -0.25) is 0 Å². The largest absolute Gasteiger partial charge is 0.345 e. The van der Waals surface area contributed by atoms with Crippen molar-refractivity contribution in [2.45, 2.75) is 677 Å². The van der Waals surface area contributed by atoms with Crippen molar-refractivity contribution in [2.75, 3.05) is 0 Å². The molecule has 0 aliphatic rings. The van der Waals surface area contributed by atoms with Crippen LogP contribution >= 0.6 is 0 Å². The van der Waals surface area contributed by atoms with E-state index in [-0.39, 0.29) is 65.0 Å². The standard InChI is InChI=1S/3C21H40N2.2C20H38N2.C19H36N2/c2*1-9-12-13-15-21(7,8)18-17(20(5,6)11-3)22-19(23-18)16(4)14-10-2;1-9-12-15-21(7,8)18-17(20(5,6)14-11-3)22-19(23-18)16(4)13-10-2;2*1-9-12-14-20(7,8)17-16(19(5,6)11-3)21-18(22-17)15(4)13-10-2;1-9-12-14(4)17-20-15(18(5,6)11-3)16(21-17)19(7,8)13-10-2/h3*16H,9-15H2,1-8H3,(H,22,23);2*15H,9-14H2,1-8H3,(H,21,22);14H,9-13H2,1-8H3,(H,20,21). The second-order valence-electron chi connectivity index (χ2n) is 50.3. The van der Waals surface area contributed by atoms with Gasteiger partial charge in [-0.25, -0.2) is 29.9 Å². The quantitative estimate of drug-likeness (QED) is 0.0208. The summed E-state index contributed by atoms with van der Waals surface area (Å²) in [5.74, 6) is 10.3. The van der Waals surface area contributed by atoms with Crippen LogP contribution in [-0.2, 0) is 65.0 Å². The highest BCUT2D eigenvalue weighted by atomic mass is 15.0. The molecular weight excluding hydrogens is 1630 g/mol. The van der Waals surface area contributed by atoms with E-state index in [1.807, 2.05) is 0 Å². The summed E-state index contributed by atoms with van der Waals surface area (Å²) in [6.45, 7) is 111. The minimum Gasteiger partial charge on any atom is -0.345 e. The van der Waals surface area contributed by atoms with Crippen LogP contribution in [-0.4, -0.2) is 59.8 Å². The first-order valence-corrected chi connectivity index (χ1v) is 56.8. The van der Waals surface area contributed by atoms with E-state index < -0.39 is 0 Å². The number of unbranched alkanes of at least 4 members (excludes halogenated alkanes) is 7. The Balaban J connectivity index is 0.000000804. The molecule has 0 aliphatic heterocycles. The Morgan fingerprint density at radius 2 is 0.306 bits per heavy atom. The molecule has 6 aromatic rings. The van der Waals surface area contributed by atoms with E-state index >= 15 is 0 Å². The lowest BCUT2D eigenvalue weighted by molar-refractivity contribution is 0.409. The molecule has 0 fully saturated rings. The van der Waals surface area contributed by atoms with Gasteiger partial charge >= 0.3 is 0 Å². The van der Waals surface area contributed by atoms with E-state index in [1.54, 1.807) is 0 Å². The first-order chi connectivity index (χ1) is 62.1. The molecule has 0 radical (unpaired) electrons. The van der Waals surface area contributed by atoms with E-state index in [9.17, 15) is 0 Å². The number of hydrogen-bond donors (Lipinski definition) is 6. The van der Waals surface area contributed by atoms with Crippen LogP contribution in [0.2, 0.25) is 0 Å². The molecule has 6 rings (SSSR count). The number of hydrogen-bond acceptors (Lipinski definition) is 6. The molecule has 0 aliphatic carbocycles. The molecular formula is C122H232N12. The Labute approximate surface area is 834 Å². The normalized spacial score (nSPS) is 14.3. The molecule has 0 bridgehead atoms. The van der Waals surface area contributed by atoms with Crippen LogP contribution in [0.15, 0.2) is 0 Å². The van der Waals surface area contributed by atoms with Gasteiger partial charge in [0.2, 0.25) is 0 Å². The van der Waals surface area contributed by atoms with Crippen LogP contribution in [0.3, 0.4) is 0 Å². The topological polar surface area (TPSA) is 172 Å². The molecule has 0 amide bonds. The van der Waals surface area contributed by atoms with E-state index in [4.69, 9.17) is 29.9 Å². The van der Waals surface area contributed by atoms with Gasteiger partial charge in [0.05, 0.1) is 34.2 Å². The number of nitrogens with zero attached hydrogens (tertiary/aromatic N) is 6. The third-order valence-electron chi connectivity index (χ3n) is 31.8. The van der Waals surface area contributed by atoms with Gasteiger partial charge in [0, 0.05) is 135 Å². The van der Waals surface area contributed by atoms with Crippen molar-refractivity contribution in [3.63, 3.8) is 0 Å². The predicted octanol–water partition coefficient (Wildman–Crippen LogP) is 39.6. The van der Waals surface area contributed by atoms with Crippen LogP contribution in [0.4, 0.5) is 0 Å². The van der Waals surface area contributed by atoms with Gasteiger partial charge in [0.1, 0.15) is 34.9 Å². The molecule has 0 saturated carbocycles. The summed E-state index contributed by atoms with van der Waals surface area (Å²) in [5, 5.41) is 0.